The molecule has 5 aromatic heterocycles. The second-order valence-corrected chi connectivity index (χ2v) is 10.3. The Kier molecular flexibility index (Phi) is 11.3. The number of hydrogen-bond donors (Lipinski definition) is 0. The molecule has 5 rings (SSSR count). The first kappa shape index (κ1) is 34.6. The number of aryl methyl sites for hydroxylation is 1. The van der Waals surface area contributed by atoms with Gasteiger partial charge in [-0.25, -0.2) is 24.0 Å². The fourth-order valence-electron chi connectivity index (χ4n) is 4.53. The summed E-state index contributed by atoms with van der Waals surface area (Å²) >= 11 is 0. The Morgan fingerprint density at radius 2 is 1.10 bits per heavy atom. The normalized spacial score (nSPS) is 12.4. The smallest absolute Gasteiger partial charge is 0.341 e. The number of hydrogen-bond acceptors (Lipinski definition) is 15. The van der Waals surface area contributed by atoms with E-state index in [0.29, 0.717) is 0 Å². The summed E-state index contributed by atoms with van der Waals surface area (Å²) in [7, 11) is 1.16. The van der Waals surface area contributed by atoms with Gasteiger partial charge in [0.25, 0.3) is 0 Å². The van der Waals surface area contributed by atoms with Crippen molar-refractivity contribution in [1.29, 1.82) is 0 Å². The third-order valence-electron chi connectivity index (χ3n) is 6.99. The zero-order valence-electron chi connectivity index (χ0n) is 26.5. The van der Waals surface area contributed by atoms with Gasteiger partial charge >= 0.3 is 29.8 Å². The van der Waals surface area contributed by atoms with E-state index >= 15 is 0 Å². The SMILES string of the molecule is COC(=O)c1cc([C@H](OC(=O)c2cccnc2)[C@H](OC(=O)c2cccnc2)[C@@H](COC(=O)c2cccnc2)OC(=O)c2cccnc2)oc1C. The molecule has 0 saturated heterocycles. The lowest BCUT2D eigenvalue weighted by Gasteiger charge is -2.31. The monoisotopic (exact) mass is 680 g/mol. The summed E-state index contributed by atoms with van der Waals surface area (Å²) in [6, 6.07) is 12.9. The summed E-state index contributed by atoms with van der Waals surface area (Å²) in [6.07, 6.45) is 5.52. The molecule has 5 aromatic rings. The predicted octanol–water partition coefficient (Wildman–Crippen LogP) is 4.16. The number of esters is 5. The minimum Gasteiger partial charge on any atom is -0.465 e. The lowest BCUT2D eigenvalue weighted by Crippen LogP contribution is -2.44. The highest BCUT2D eigenvalue weighted by molar-refractivity contribution is 5.92. The quantitative estimate of drug-likeness (QED) is 0.127. The third kappa shape index (κ3) is 8.57. The van der Waals surface area contributed by atoms with Crippen molar-refractivity contribution < 1.29 is 52.1 Å². The lowest BCUT2D eigenvalue weighted by molar-refractivity contribution is -0.107. The molecule has 0 unspecified atom stereocenters. The van der Waals surface area contributed by atoms with Crippen LogP contribution in [0.3, 0.4) is 0 Å². The van der Waals surface area contributed by atoms with Crippen molar-refractivity contribution in [2.75, 3.05) is 13.7 Å². The van der Waals surface area contributed by atoms with Crippen molar-refractivity contribution in [3.8, 4) is 0 Å². The zero-order valence-corrected chi connectivity index (χ0v) is 26.5. The summed E-state index contributed by atoms with van der Waals surface area (Å²) in [4.78, 5) is 81.9. The van der Waals surface area contributed by atoms with Crippen molar-refractivity contribution in [1.82, 2.24) is 19.9 Å². The van der Waals surface area contributed by atoms with Gasteiger partial charge in [0.05, 0.1) is 29.4 Å². The van der Waals surface area contributed by atoms with E-state index in [4.69, 9.17) is 28.1 Å². The van der Waals surface area contributed by atoms with Crippen molar-refractivity contribution in [2.24, 2.45) is 0 Å². The van der Waals surface area contributed by atoms with Gasteiger partial charge in [-0.05, 0) is 61.5 Å². The molecule has 15 nitrogen and oxygen atoms in total. The number of pyridine rings is 4. The summed E-state index contributed by atoms with van der Waals surface area (Å²) in [5.41, 5.74) is 0.00890. The van der Waals surface area contributed by atoms with Gasteiger partial charge in [0.2, 0.25) is 0 Å². The topological polar surface area (TPSA) is 196 Å². The highest BCUT2D eigenvalue weighted by atomic mass is 16.6. The van der Waals surface area contributed by atoms with Crippen LogP contribution in [0.1, 0.15) is 69.4 Å². The number of rotatable bonds is 13. The van der Waals surface area contributed by atoms with Gasteiger partial charge in [-0.15, -0.1) is 0 Å². The van der Waals surface area contributed by atoms with Crippen molar-refractivity contribution in [3.63, 3.8) is 0 Å². The van der Waals surface area contributed by atoms with Crippen LogP contribution < -0.4 is 0 Å². The number of methoxy groups -OCH3 is 1. The summed E-state index contributed by atoms with van der Waals surface area (Å²) < 4.78 is 33.9. The molecule has 0 radical (unpaired) electrons. The maximum Gasteiger partial charge on any atom is 0.341 e. The van der Waals surface area contributed by atoms with Crippen molar-refractivity contribution in [3.05, 3.63) is 144 Å². The number of furan rings is 1. The molecule has 15 heteroatoms. The van der Waals surface area contributed by atoms with E-state index in [1.54, 1.807) is 0 Å². The molecule has 0 spiro atoms. The Morgan fingerprint density at radius 3 is 1.56 bits per heavy atom. The molecule has 0 aliphatic carbocycles. The molecule has 0 aromatic carbocycles. The van der Waals surface area contributed by atoms with Crippen LogP contribution in [0.5, 0.6) is 0 Å². The van der Waals surface area contributed by atoms with E-state index in [-0.39, 0.29) is 39.3 Å². The first-order chi connectivity index (χ1) is 24.2. The molecule has 5 heterocycles. The molecule has 0 aliphatic rings. The van der Waals surface area contributed by atoms with E-state index in [0.717, 1.165) is 7.11 Å². The minimum absolute atomic E-state index is 0.000790. The Bertz CT molecular complexity index is 1940. The second-order valence-electron chi connectivity index (χ2n) is 10.3. The maximum absolute atomic E-state index is 13.6. The average Bonchev–Trinajstić information content (AvgIpc) is 3.56. The van der Waals surface area contributed by atoms with Crippen LogP contribution in [0.4, 0.5) is 0 Å². The molecule has 0 N–H and O–H groups in total. The fourth-order valence-corrected chi connectivity index (χ4v) is 4.53. The molecule has 0 amide bonds. The fraction of sp³-hybridized carbons (Fsp3) is 0.171. The molecule has 50 heavy (non-hydrogen) atoms. The largest absolute Gasteiger partial charge is 0.465 e. The Hall–Kier alpha value is -6.77. The van der Waals surface area contributed by atoms with Gasteiger partial charge < -0.3 is 28.1 Å². The van der Waals surface area contributed by atoms with Crippen LogP contribution in [-0.4, -0.2) is 75.7 Å². The molecule has 0 aliphatic heterocycles. The number of ether oxygens (including phenoxy) is 5. The van der Waals surface area contributed by atoms with Gasteiger partial charge in [-0.3, -0.25) is 19.9 Å². The predicted molar refractivity (Wildman–Crippen MR) is 169 cm³/mol. The van der Waals surface area contributed by atoms with E-state index < -0.39 is 54.8 Å². The molecular formula is C35H28N4O11. The number of carbonyl (C=O) groups excluding carboxylic acids is 5. The summed E-state index contributed by atoms with van der Waals surface area (Å²) in [5, 5.41) is 0. The van der Waals surface area contributed by atoms with Crippen molar-refractivity contribution in [2.45, 2.75) is 25.2 Å². The molecule has 3 atom stereocenters. The molecular weight excluding hydrogens is 652 g/mol. The number of aromatic nitrogens is 4. The van der Waals surface area contributed by atoms with Gasteiger partial charge in [-0.2, -0.15) is 0 Å². The minimum atomic E-state index is -1.79. The Balaban J connectivity index is 1.62. The molecule has 0 bridgehead atoms. The van der Waals surface area contributed by atoms with Crippen molar-refractivity contribution >= 4 is 29.8 Å². The first-order valence-corrected chi connectivity index (χ1v) is 14.8. The van der Waals surface area contributed by atoms with E-state index in [2.05, 4.69) is 19.9 Å². The van der Waals surface area contributed by atoms with Crippen LogP contribution in [-0.2, 0) is 23.7 Å². The van der Waals surface area contributed by atoms with E-state index in [1.165, 1.54) is 111 Å². The average molecular weight is 681 g/mol. The van der Waals surface area contributed by atoms with Crippen LogP contribution in [0.25, 0.3) is 0 Å². The van der Waals surface area contributed by atoms with E-state index in [1.807, 2.05) is 0 Å². The van der Waals surface area contributed by atoms with Crippen LogP contribution in [0.2, 0.25) is 0 Å². The molecule has 254 valence electrons. The van der Waals surface area contributed by atoms with Gasteiger partial charge in [0.15, 0.2) is 18.3 Å². The van der Waals surface area contributed by atoms with Crippen LogP contribution in [0.15, 0.2) is 109 Å². The van der Waals surface area contributed by atoms with Gasteiger partial charge in [-0.1, -0.05) is 0 Å². The zero-order chi connectivity index (χ0) is 35.5. The van der Waals surface area contributed by atoms with Gasteiger partial charge in [0, 0.05) is 49.6 Å². The molecule has 0 saturated carbocycles. The summed E-state index contributed by atoms with van der Waals surface area (Å²) in [6.45, 7) is 0.733. The highest BCUT2D eigenvalue weighted by Crippen LogP contribution is 2.33. The van der Waals surface area contributed by atoms with Crippen LogP contribution in [0, 0.1) is 6.92 Å². The standard InChI is InChI=1S/C35H28N4O11/c1-21-26(35(44)45-2)15-27(47-21)29(49-33(42)24-9-5-13-38-18-24)30(50-34(43)25-10-6-14-39-19-25)28(48-32(41)23-8-4-12-37-17-23)20-46-31(40)22-7-3-11-36-16-22/h3-19,28-30H,20H2,1-2H3/t28-,29+,30-/m1/s1. The molecule has 0 fully saturated rings. The first-order valence-electron chi connectivity index (χ1n) is 14.8. The Morgan fingerprint density at radius 1 is 0.640 bits per heavy atom. The van der Waals surface area contributed by atoms with E-state index in [9.17, 15) is 24.0 Å². The Labute approximate surface area is 284 Å². The maximum atomic E-state index is 13.6. The number of nitrogens with zero attached hydrogens (tertiary/aromatic N) is 4. The lowest BCUT2D eigenvalue weighted by atomic mass is 10.0. The van der Waals surface area contributed by atoms with Crippen LogP contribution >= 0.6 is 0 Å². The highest BCUT2D eigenvalue weighted by Gasteiger charge is 2.43. The second kappa shape index (κ2) is 16.4. The van der Waals surface area contributed by atoms with Gasteiger partial charge in [0.1, 0.15) is 23.7 Å². The summed E-state index contributed by atoms with van der Waals surface area (Å²) in [5.74, 6) is -4.66. The number of carbonyl (C=O) groups is 5. The third-order valence-corrected chi connectivity index (χ3v) is 6.99.